The molecule has 0 saturated carbocycles. The molecule has 0 bridgehead atoms. The molecule has 1 unspecified atom stereocenters. The number of piperidine rings is 1. The number of pyridine rings is 1. The standard InChI is InChI=1S/C14H21BN6O/c1-19(2)9-17-13-12-11(5-6-16-13)21(14(22)18-12)10-4-3-7-20(15)8-10/h5-6,9-10H,3-4,7-8,15H2,1-2H3,(H,18,22)/b17-9+. The van der Waals surface area contributed by atoms with Gasteiger partial charge in [-0.15, -0.1) is 0 Å². The van der Waals surface area contributed by atoms with Crippen LogP contribution in [0, 0.1) is 0 Å². The first-order chi connectivity index (χ1) is 10.6. The zero-order valence-electron chi connectivity index (χ0n) is 13.3. The summed E-state index contributed by atoms with van der Waals surface area (Å²) in [6.45, 7) is 1.99. The first-order valence-corrected chi connectivity index (χ1v) is 7.54. The number of fused-ring (bicyclic) bond motifs is 1. The van der Waals surface area contributed by atoms with Crippen LogP contribution in [0.25, 0.3) is 11.0 Å². The lowest BCUT2D eigenvalue weighted by Crippen LogP contribution is -2.37. The molecule has 1 fully saturated rings. The maximum atomic E-state index is 12.4. The number of aromatic nitrogens is 3. The van der Waals surface area contributed by atoms with Gasteiger partial charge in [0.05, 0.1) is 17.9 Å². The van der Waals surface area contributed by atoms with Crippen molar-refractivity contribution in [2.24, 2.45) is 4.99 Å². The summed E-state index contributed by atoms with van der Waals surface area (Å²) < 4.78 is 1.86. The van der Waals surface area contributed by atoms with E-state index in [1.165, 1.54) is 0 Å². The van der Waals surface area contributed by atoms with E-state index in [9.17, 15) is 4.79 Å². The summed E-state index contributed by atoms with van der Waals surface area (Å²) in [6.07, 6.45) is 5.53. The highest BCUT2D eigenvalue weighted by atomic mass is 16.1. The Bertz CT molecular complexity index is 749. The SMILES string of the molecule is BN1CCCC(n2c(=O)[nH]c3c(/N=C/N(C)C)nccc32)C1. The third-order valence-electron chi connectivity index (χ3n) is 3.99. The van der Waals surface area contributed by atoms with E-state index in [2.05, 4.69) is 27.8 Å². The van der Waals surface area contributed by atoms with Gasteiger partial charge in [-0.3, -0.25) is 4.57 Å². The Labute approximate surface area is 130 Å². The zero-order chi connectivity index (χ0) is 15.7. The Balaban J connectivity index is 2.07. The van der Waals surface area contributed by atoms with Crippen molar-refractivity contribution in [2.45, 2.75) is 18.9 Å². The molecule has 0 amide bonds. The van der Waals surface area contributed by atoms with E-state index in [-0.39, 0.29) is 11.7 Å². The monoisotopic (exact) mass is 300 g/mol. The number of hydrogen-bond acceptors (Lipinski definition) is 4. The lowest BCUT2D eigenvalue weighted by molar-refractivity contribution is 0.276. The van der Waals surface area contributed by atoms with E-state index < -0.39 is 0 Å². The number of aromatic amines is 1. The van der Waals surface area contributed by atoms with Crippen molar-refractivity contribution in [3.63, 3.8) is 0 Å². The molecule has 3 rings (SSSR count). The fourth-order valence-corrected chi connectivity index (χ4v) is 3.02. The lowest BCUT2D eigenvalue weighted by Gasteiger charge is -2.30. The van der Waals surface area contributed by atoms with Crippen molar-refractivity contribution < 1.29 is 0 Å². The van der Waals surface area contributed by atoms with Gasteiger partial charge in [0.1, 0.15) is 5.52 Å². The Morgan fingerprint density at radius 3 is 3.09 bits per heavy atom. The second kappa shape index (κ2) is 5.96. The molecule has 0 spiro atoms. The van der Waals surface area contributed by atoms with Gasteiger partial charge in [0.15, 0.2) is 13.8 Å². The van der Waals surface area contributed by atoms with E-state index in [0.29, 0.717) is 11.3 Å². The van der Waals surface area contributed by atoms with Crippen LogP contribution in [0.5, 0.6) is 0 Å². The third kappa shape index (κ3) is 2.78. The first kappa shape index (κ1) is 14.8. The minimum atomic E-state index is -0.0791. The average Bonchev–Trinajstić information content (AvgIpc) is 2.81. The number of nitrogens with one attached hydrogen (secondary N) is 1. The largest absolute Gasteiger partial charge is 0.369 e. The summed E-state index contributed by atoms with van der Waals surface area (Å²) in [4.78, 5) is 28.1. The minimum Gasteiger partial charge on any atom is -0.369 e. The second-order valence-corrected chi connectivity index (χ2v) is 6.10. The van der Waals surface area contributed by atoms with Gasteiger partial charge >= 0.3 is 5.69 Å². The quantitative estimate of drug-likeness (QED) is 0.497. The topological polar surface area (TPSA) is 69.5 Å². The highest BCUT2D eigenvalue weighted by Crippen LogP contribution is 2.26. The van der Waals surface area contributed by atoms with Gasteiger partial charge in [-0.25, -0.2) is 14.8 Å². The third-order valence-corrected chi connectivity index (χ3v) is 3.99. The molecule has 1 atom stereocenters. The molecule has 8 heteroatoms. The van der Waals surface area contributed by atoms with Crippen LogP contribution in [-0.4, -0.2) is 65.8 Å². The van der Waals surface area contributed by atoms with E-state index in [4.69, 9.17) is 0 Å². The minimum absolute atomic E-state index is 0.0791. The van der Waals surface area contributed by atoms with E-state index in [1.807, 2.05) is 29.6 Å². The Morgan fingerprint density at radius 1 is 1.55 bits per heavy atom. The predicted octanol–water partition coefficient (Wildman–Crippen LogP) is 0.131. The van der Waals surface area contributed by atoms with Crippen LogP contribution >= 0.6 is 0 Å². The van der Waals surface area contributed by atoms with Crippen LogP contribution in [-0.2, 0) is 0 Å². The van der Waals surface area contributed by atoms with Gasteiger partial charge in [-0.1, -0.05) is 0 Å². The molecule has 1 N–H and O–H groups in total. The maximum absolute atomic E-state index is 12.4. The summed E-state index contributed by atoms with van der Waals surface area (Å²) in [7, 11) is 5.89. The van der Waals surface area contributed by atoms with Crippen LogP contribution in [0.3, 0.4) is 0 Å². The van der Waals surface area contributed by atoms with Gasteiger partial charge in [0.25, 0.3) is 0 Å². The number of H-pyrrole nitrogens is 1. The van der Waals surface area contributed by atoms with Crippen molar-refractivity contribution in [1.29, 1.82) is 0 Å². The number of rotatable bonds is 3. The number of nitrogens with zero attached hydrogens (tertiary/aromatic N) is 5. The van der Waals surface area contributed by atoms with Gasteiger partial charge in [0.2, 0.25) is 0 Å². The Hall–Kier alpha value is -2.09. The van der Waals surface area contributed by atoms with Crippen molar-refractivity contribution in [2.75, 3.05) is 27.2 Å². The molecular weight excluding hydrogens is 279 g/mol. The van der Waals surface area contributed by atoms with Gasteiger partial charge in [-0.05, 0) is 25.5 Å². The molecule has 1 aliphatic heterocycles. The van der Waals surface area contributed by atoms with Crippen LogP contribution in [0.15, 0.2) is 22.1 Å². The average molecular weight is 300 g/mol. The molecule has 2 aromatic rings. The molecule has 0 aromatic carbocycles. The molecule has 3 heterocycles. The molecule has 1 aliphatic rings. The number of imidazole rings is 1. The molecule has 0 radical (unpaired) electrons. The van der Waals surface area contributed by atoms with Crippen molar-refractivity contribution in [1.82, 2.24) is 24.2 Å². The van der Waals surface area contributed by atoms with Gasteiger partial charge in [-0.2, -0.15) is 0 Å². The predicted molar refractivity (Wildman–Crippen MR) is 90.6 cm³/mol. The molecular formula is C14H21BN6O. The highest BCUT2D eigenvalue weighted by Gasteiger charge is 2.23. The Morgan fingerprint density at radius 2 is 2.36 bits per heavy atom. The van der Waals surface area contributed by atoms with Crippen LogP contribution in [0.1, 0.15) is 18.9 Å². The Kier molecular flexibility index (Phi) is 4.02. The van der Waals surface area contributed by atoms with Crippen LogP contribution in [0.2, 0.25) is 0 Å². The summed E-state index contributed by atoms with van der Waals surface area (Å²) in [6, 6.07) is 2.09. The fraction of sp³-hybridized carbons (Fsp3) is 0.500. The zero-order valence-corrected chi connectivity index (χ0v) is 13.3. The smallest absolute Gasteiger partial charge is 0.326 e. The fourth-order valence-electron chi connectivity index (χ4n) is 3.02. The highest BCUT2D eigenvalue weighted by molar-refractivity contribution is 6.04. The summed E-state index contributed by atoms with van der Waals surface area (Å²) in [5.74, 6) is 0.547. The maximum Gasteiger partial charge on any atom is 0.326 e. The summed E-state index contributed by atoms with van der Waals surface area (Å²) in [5, 5.41) is 0. The van der Waals surface area contributed by atoms with Crippen LogP contribution in [0.4, 0.5) is 5.82 Å². The lowest BCUT2D eigenvalue weighted by atomic mass is 10.0. The van der Waals surface area contributed by atoms with E-state index in [0.717, 1.165) is 31.4 Å². The molecule has 2 aromatic heterocycles. The molecule has 0 aliphatic carbocycles. The van der Waals surface area contributed by atoms with E-state index >= 15 is 0 Å². The molecule has 1 saturated heterocycles. The molecule has 7 nitrogen and oxygen atoms in total. The van der Waals surface area contributed by atoms with E-state index in [1.54, 1.807) is 12.5 Å². The van der Waals surface area contributed by atoms with Gasteiger partial charge in [0, 0.05) is 26.8 Å². The summed E-state index contributed by atoms with van der Waals surface area (Å²) in [5.41, 5.74) is 1.51. The second-order valence-electron chi connectivity index (χ2n) is 6.10. The number of aliphatic imine (C=N–C) groups is 1. The first-order valence-electron chi connectivity index (χ1n) is 7.54. The molecule has 116 valence electrons. The molecule has 22 heavy (non-hydrogen) atoms. The summed E-state index contributed by atoms with van der Waals surface area (Å²) >= 11 is 0. The normalized spacial score (nSPS) is 20.0. The van der Waals surface area contributed by atoms with Crippen molar-refractivity contribution in [3.05, 3.63) is 22.7 Å². The van der Waals surface area contributed by atoms with Crippen LogP contribution < -0.4 is 5.69 Å². The van der Waals surface area contributed by atoms with Crippen molar-refractivity contribution in [3.8, 4) is 0 Å². The number of hydrogen-bond donors (Lipinski definition) is 1. The van der Waals surface area contributed by atoms with Gasteiger partial charge < -0.3 is 14.7 Å². The van der Waals surface area contributed by atoms with Crippen molar-refractivity contribution >= 4 is 31.2 Å².